The van der Waals surface area contributed by atoms with Crippen molar-refractivity contribution in [3.8, 4) is 0 Å². The van der Waals surface area contributed by atoms with E-state index in [0.29, 0.717) is 5.69 Å². The molecule has 0 saturated carbocycles. The monoisotopic (exact) mass is 265 g/mol. The molecular formula is C14H23N3O2. The van der Waals surface area contributed by atoms with Crippen molar-refractivity contribution in [2.75, 3.05) is 31.5 Å². The van der Waals surface area contributed by atoms with E-state index >= 15 is 0 Å². The molecule has 0 bridgehead atoms. The fourth-order valence-electron chi connectivity index (χ4n) is 1.94. The molecule has 19 heavy (non-hydrogen) atoms. The first-order valence-electron chi connectivity index (χ1n) is 6.74. The Balaban J connectivity index is 2.53. The highest BCUT2D eigenvalue weighted by Gasteiger charge is 2.10. The number of carbonyl (C=O) groups is 1. The maximum absolute atomic E-state index is 11.1. The molecule has 1 aromatic rings. The van der Waals surface area contributed by atoms with Crippen molar-refractivity contribution in [3.05, 3.63) is 23.5 Å². The minimum absolute atomic E-state index is 0.230. The van der Waals surface area contributed by atoms with Gasteiger partial charge in [0, 0.05) is 18.4 Å². The summed E-state index contributed by atoms with van der Waals surface area (Å²) >= 11 is 0. The molecule has 5 heteroatoms. The van der Waals surface area contributed by atoms with Crippen molar-refractivity contribution < 1.29 is 9.90 Å². The topological polar surface area (TPSA) is 65.5 Å². The third-order valence-corrected chi connectivity index (χ3v) is 3.13. The number of aryl methyl sites for hydroxylation is 1. The van der Waals surface area contributed by atoms with Gasteiger partial charge in [0.2, 0.25) is 0 Å². The number of aromatic nitrogens is 1. The molecule has 0 unspecified atom stereocenters. The van der Waals surface area contributed by atoms with Gasteiger partial charge < -0.3 is 15.3 Å². The van der Waals surface area contributed by atoms with Gasteiger partial charge in [-0.3, -0.25) is 4.98 Å². The molecule has 0 aliphatic heterocycles. The van der Waals surface area contributed by atoms with E-state index in [4.69, 9.17) is 5.11 Å². The molecule has 2 N–H and O–H groups in total. The zero-order valence-corrected chi connectivity index (χ0v) is 11.9. The molecule has 0 radical (unpaired) electrons. The van der Waals surface area contributed by atoms with E-state index in [0.717, 1.165) is 38.3 Å². The lowest BCUT2D eigenvalue weighted by Gasteiger charge is -2.18. The molecule has 0 aromatic carbocycles. The molecule has 0 atom stereocenters. The van der Waals surface area contributed by atoms with Crippen molar-refractivity contribution in [2.45, 2.75) is 27.2 Å². The first kappa shape index (κ1) is 15.4. The highest BCUT2D eigenvalue weighted by atomic mass is 16.4. The summed E-state index contributed by atoms with van der Waals surface area (Å²) in [6.07, 6.45) is 2.40. The second kappa shape index (κ2) is 7.74. The van der Waals surface area contributed by atoms with Crippen molar-refractivity contribution >= 4 is 11.7 Å². The zero-order chi connectivity index (χ0) is 14.3. The van der Waals surface area contributed by atoms with E-state index in [9.17, 15) is 4.79 Å². The van der Waals surface area contributed by atoms with E-state index in [1.165, 1.54) is 6.20 Å². The van der Waals surface area contributed by atoms with Crippen LogP contribution in [0.5, 0.6) is 0 Å². The second-order valence-electron chi connectivity index (χ2n) is 4.48. The quantitative estimate of drug-likeness (QED) is 0.706. The SMILES string of the molecule is CCN(CC)CCCNc1cc(C)ncc1C(=O)O. The number of carboxylic acids is 1. The van der Waals surface area contributed by atoms with Gasteiger partial charge in [-0.05, 0) is 39.0 Å². The van der Waals surface area contributed by atoms with Gasteiger partial charge in [0.05, 0.1) is 5.69 Å². The zero-order valence-electron chi connectivity index (χ0n) is 11.9. The lowest BCUT2D eigenvalue weighted by molar-refractivity contribution is 0.0697. The first-order valence-corrected chi connectivity index (χ1v) is 6.74. The molecule has 5 nitrogen and oxygen atoms in total. The molecule has 0 fully saturated rings. The van der Waals surface area contributed by atoms with E-state index in [-0.39, 0.29) is 5.56 Å². The van der Waals surface area contributed by atoms with Gasteiger partial charge in [-0.1, -0.05) is 13.8 Å². The van der Waals surface area contributed by atoms with E-state index in [1.54, 1.807) is 6.07 Å². The summed E-state index contributed by atoms with van der Waals surface area (Å²) < 4.78 is 0. The Bertz CT molecular complexity index is 417. The van der Waals surface area contributed by atoms with Crippen LogP contribution in [0.3, 0.4) is 0 Å². The van der Waals surface area contributed by atoms with Gasteiger partial charge in [-0.2, -0.15) is 0 Å². The number of anilines is 1. The van der Waals surface area contributed by atoms with E-state index < -0.39 is 5.97 Å². The summed E-state index contributed by atoms with van der Waals surface area (Å²) in [4.78, 5) is 17.4. The normalized spacial score (nSPS) is 10.7. The Morgan fingerprint density at radius 2 is 2.11 bits per heavy atom. The summed E-state index contributed by atoms with van der Waals surface area (Å²) in [7, 11) is 0. The molecule has 0 aliphatic carbocycles. The van der Waals surface area contributed by atoms with Crippen LogP contribution in [0.2, 0.25) is 0 Å². The Morgan fingerprint density at radius 3 is 2.68 bits per heavy atom. The molecular weight excluding hydrogens is 242 g/mol. The maximum atomic E-state index is 11.1. The smallest absolute Gasteiger partial charge is 0.339 e. The van der Waals surface area contributed by atoms with Crippen molar-refractivity contribution in [3.63, 3.8) is 0 Å². The number of carboxylic acid groups (broad SMARTS) is 1. The third kappa shape index (κ3) is 4.87. The number of nitrogens with zero attached hydrogens (tertiary/aromatic N) is 2. The molecule has 0 aliphatic rings. The summed E-state index contributed by atoms with van der Waals surface area (Å²) in [5.41, 5.74) is 1.70. The molecule has 1 aromatic heterocycles. The lowest BCUT2D eigenvalue weighted by atomic mass is 10.2. The van der Waals surface area contributed by atoms with Crippen molar-refractivity contribution in [1.82, 2.24) is 9.88 Å². The highest BCUT2D eigenvalue weighted by molar-refractivity contribution is 5.93. The van der Waals surface area contributed by atoms with Crippen LogP contribution in [-0.4, -0.2) is 47.1 Å². The van der Waals surface area contributed by atoms with Crippen LogP contribution >= 0.6 is 0 Å². The van der Waals surface area contributed by atoms with Crippen LogP contribution in [0.25, 0.3) is 0 Å². The van der Waals surface area contributed by atoms with E-state index in [1.807, 2.05) is 6.92 Å². The number of hydrogen-bond acceptors (Lipinski definition) is 4. The van der Waals surface area contributed by atoms with Crippen LogP contribution in [0.4, 0.5) is 5.69 Å². The van der Waals surface area contributed by atoms with Crippen LogP contribution in [0.15, 0.2) is 12.3 Å². The van der Waals surface area contributed by atoms with Crippen LogP contribution < -0.4 is 5.32 Å². The third-order valence-electron chi connectivity index (χ3n) is 3.13. The number of nitrogens with one attached hydrogen (secondary N) is 1. The maximum Gasteiger partial charge on any atom is 0.339 e. The van der Waals surface area contributed by atoms with Gasteiger partial charge in [-0.25, -0.2) is 4.79 Å². The number of pyridine rings is 1. The standard InChI is InChI=1S/C14H23N3O2/c1-4-17(5-2)8-6-7-15-13-9-11(3)16-10-12(13)14(18)19/h9-10H,4-8H2,1-3H3,(H,15,16)(H,18,19). The first-order chi connectivity index (χ1) is 9.08. The van der Waals surface area contributed by atoms with Gasteiger partial charge >= 0.3 is 5.97 Å². The second-order valence-corrected chi connectivity index (χ2v) is 4.48. The average molecular weight is 265 g/mol. The average Bonchev–Trinajstić information content (AvgIpc) is 2.38. The Labute approximate surface area is 114 Å². The van der Waals surface area contributed by atoms with Gasteiger partial charge in [0.1, 0.15) is 5.56 Å². The highest BCUT2D eigenvalue weighted by Crippen LogP contribution is 2.15. The fraction of sp³-hybridized carbons (Fsp3) is 0.571. The molecule has 0 saturated heterocycles. The number of rotatable bonds is 8. The Morgan fingerprint density at radius 1 is 1.42 bits per heavy atom. The molecule has 1 rings (SSSR count). The predicted octanol–water partition coefficient (Wildman–Crippen LogP) is 2.23. The van der Waals surface area contributed by atoms with E-state index in [2.05, 4.69) is 29.0 Å². The number of hydrogen-bond donors (Lipinski definition) is 2. The van der Waals surface area contributed by atoms with Gasteiger partial charge in [0.15, 0.2) is 0 Å². The molecule has 106 valence electrons. The minimum atomic E-state index is -0.946. The molecule has 1 heterocycles. The van der Waals surface area contributed by atoms with Gasteiger partial charge in [0.25, 0.3) is 0 Å². The van der Waals surface area contributed by atoms with Gasteiger partial charge in [-0.15, -0.1) is 0 Å². The summed E-state index contributed by atoms with van der Waals surface area (Å²) in [6, 6.07) is 1.78. The van der Waals surface area contributed by atoms with Crippen molar-refractivity contribution in [1.29, 1.82) is 0 Å². The van der Waals surface area contributed by atoms with Crippen molar-refractivity contribution in [2.24, 2.45) is 0 Å². The largest absolute Gasteiger partial charge is 0.478 e. The predicted molar refractivity (Wildman–Crippen MR) is 76.8 cm³/mol. The molecule has 0 spiro atoms. The van der Waals surface area contributed by atoms with Crippen LogP contribution in [0.1, 0.15) is 36.3 Å². The Kier molecular flexibility index (Phi) is 6.29. The summed E-state index contributed by atoms with van der Waals surface area (Å²) in [5.74, 6) is -0.946. The Hall–Kier alpha value is -1.62. The fourth-order valence-corrected chi connectivity index (χ4v) is 1.94. The molecule has 0 amide bonds. The lowest BCUT2D eigenvalue weighted by Crippen LogP contribution is -2.25. The van der Waals surface area contributed by atoms with Crippen LogP contribution in [-0.2, 0) is 0 Å². The van der Waals surface area contributed by atoms with Crippen LogP contribution in [0, 0.1) is 6.92 Å². The summed E-state index contributed by atoms with van der Waals surface area (Å²) in [6.45, 7) is 10.0. The summed E-state index contributed by atoms with van der Waals surface area (Å²) in [5, 5.41) is 12.3. The number of aromatic carboxylic acids is 1. The minimum Gasteiger partial charge on any atom is -0.478 e.